The van der Waals surface area contributed by atoms with Gasteiger partial charge in [-0.3, -0.25) is 9.78 Å². The second-order valence-corrected chi connectivity index (χ2v) is 4.31. The van der Waals surface area contributed by atoms with E-state index in [0.29, 0.717) is 18.4 Å². The van der Waals surface area contributed by atoms with Crippen molar-refractivity contribution in [3.63, 3.8) is 0 Å². The van der Waals surface area contributed by atoms with Crippen molar-refractivity contribution in [2.45, 2.75) is 18.8 Å². The van der Waals surface area contributed by atoms with Crippen molar-refractivity contribution in [3.05, 3.63) is 65.7 Å². The summed E-state index contributed by atoms with van der Waals surface area (Å²) in [6, 6.07) is 11.3. The van der Waals surface area contributed by atoms with Crippen LogP contribution in [0, 0.1) is 5.82 Å². The van der Waals surface area contributed by atoms with Crippen LogP contribution in [0.2, 0.25) is 0 Å². The lowest BCUT2D eigenvalue weighted by Gasteiger charge is -2.12. The Bertz CT molecular complexity index is 557. The summed E-state index contributed by atoms with van der Waals surface area (Å²) in [5, 5.41) is 9.25. The van der Waals surface area contributed by atoms with Gasteiger partial charge in [0.25, 0.3) is 0 Å². The molecule has 19 heavy (non-hydrogen) atoms. The van der Waals surface area contributed by atoms with Gasteiger partial charge >= 0.3 is 5.97 Å². The van der Waals surface area contributed by atoms with Crippen molar-refractivity contribution in [2.24, 2.45) is 0 Å². The van der Waals surface area contributed by atoms with Crippen LogP contribution in [-0.2, 0) is 11.2 Å². The van der Waals surface area contributed by atoms with Crippen molar-refractivity contribution in [1.29, 1.82) is 0 Å². The van der Waals surface area contributed by atoms with Gasteiger partial charge in [0, 0.05) is 11.9 Å². The number of aryl methyl sites for hydroxylation is 1. The molecule has 0 bridgehead atoms. The van der Waals surface area contributed by atoms with Gasteiger partial charge in [0.05, 0.1) is 5.92 Å². The molecule has 0 aliphatic heterocycles. The predicted octanol–water partition coefficient (Wildman–Crippen LogP) is 3.02. The van der Waals surface area contributed by atoms with E-state index in [0.717, 1.165) is 5.69 Å². The largest absolute Gasteiger partial charge is 0.481 e. The third-order valence-electron chi connectivity index (χ3n) is 2.96. The highest BCUT2D eigenvalue weighted by Crippen LogP contribution is 2.22. The molecule has 1 aromatic heterocycles. The van der Waals surface area contributed by atoms with E-state index in [-0.39, 0.29) is 0 Å². The second kappa shape index (κ2) is 6.09. The van der Waals surface area contributed by atoms with Crippen molar-refractivity contribution in [1.82, 2.24) is 4.98 Å². The molecule has 0 radical (unpaired) electrons. The minimum atomic E-state index is -0.943. The lowest BCUT2D eigenvalue weighted by atomic mass is 9.93. The molecule has 0 aliphatic rings. The standard InChI is InChI=1S/C15H14FNO2/c16-12-5-3-4-11(10-12)14(15(18)19)8-7-13-6-1-2-9-17-13/h1-6,9-10,14H,7-8H2,(H,18,19). The number of aliphatic carboxylic acids is 1. The molecule has 1 N–H and O–H groups in total. The van der Waals surface area contributed by atoms with E-state index in [4.69, 9.17) is 0 Å². The summed E-state index contributed by atoms with van der Waals surface area (Å²) < 4.78 is 13.1. The monoisotopic (exact) mass is 259 g/mol. The van der Waals surface area contributed by atoms with Crippen LogP contribution in [0.25, 0.3) is 0 Å². The lowest BCUT2D eigenvalue weighted by Crippen LogP contribution is -2.13. The Morgan fingerprint density at radius 3 is 2.74 bits per heavy atom. The van der Waals surface area contributed by atoms with Crippen LogP contribution >= 0.6 is 0 Å². The van der Waals surface area contributed by atoms with Crippen LogP contribution in [0.15, 0.2) is 48.7 Å². The van der Waals surface area contributed by atoms with Crippen LogP contribution < -0.4 is 0 Å². The molecular weight excluding hydrogens is 245 g/mol. The molecule has 0 saturated carbocycles. The van der Waals surface area contributed by atoms with Crippen LogP contribution in [0.1, 0.15) is 23.6 Å². The average molecular weight is 259 g/mol. The van der Waals surface area contributed by atoms with E-state index in [1.807, 2.05) is 18.2 Å². The number of carboxylic acid groups (broad SMARTS) is 1. The second-order valence-electron chi connectivity index (χ2n) is 4.31. The Balaban J connectivity index is 2.11. The maximum Gasteiger partial charge on any atom is 0.310 e. The van der Waals surface area contributed by atoms with Gasteiger partial charge in [0.15, 0.2) is 0 Å². The fraction of sp³-hybridized carbons (Fsp3) is 0.200. The molecule has 2 rings (SSSR count). The zero-order valence-electron chi connectivity index (χ0n) is 10.3. The first-order chi connectivity index (χ1) is 9.16. The summed E-state index contributed by atoms with van der Waals surface area (Å²) >= 11 is 0. The summed E-state index contributed by atoms with van der Waals surface area (Å²) in [6.45, 7) is 0. The van der Waals surface area contributed by atoms with Crippen LogP contribution in [0.5, 0.6) is 0 Å². The van der Waals surface area contributed by atoms with Crippen molar-refractivity contribution >= 4 is 5.97 Å². The van der Waals surface area contributed by atoms with Gasteiger partial charge in [-0.15, -0.1) is 0 Å². The number of benzene rings is 1. The average Bonchev–Trinajstić information content (AvgIpc) is 2.40. The number of hydrogen-bond donors (Lipinski definition) is 1. The first kappa shape index (κ1) is 13.2. The van der Waals surface area contributed by atoms with Gasteiger partial charge in [-0.1, -0.05) is 18.2 Å². The smallest absolute Gasteiger partial charge is 0.310 e. The Labute approximate surface area is 110 Å². The third-order valence-corrected chi connectivity index (χ3v) is 2.96. The van der Waals surface area contributed by atoms with Crippen molar-refractivity contribution in [3.8, 4) is 0 Å². The number of carbonyl (C=O) groups is 1. The van der Waals surface area contributed by atoms with E-state index in [1.54, 1.807) is 12.3 Å². The predicted molar refractivity (Wildman–Crippen MR) is 69.3 cm³/mol. The number of rotatable bonds is 5. The fourth-order valence-corrected chi connectivity index (χ4v) is 1.99. The fourth-order valence-electron chi connectivity index (χ4n) is 1.99. The number of aromatic nitrogens is 1. The van der Waals surface area contributed by atoms with Crippen LogP contribution in [0.4, 0.5) is 4.39 Å². The first-order valence-corrected chi connectivity index (χ1v) is 6.05. The van der Waals surface area contributed by atoms with E-state index in [9.17, 15) is 14.3 Å². The number of nitrogens with zero attached hydrogens (tertiary/aromatic N) is 1. The normalized spacial score (nSPS) is 12.1. The molecule has 0 amide bonds. The lowest BCUT2D eigenvalue weighted by molar-refractivity contribution is -0.138. The summed E-state index contributed by atoms with van der Waals surface area (Å²) in [5.41, 5.74) is 1.33. The zero-order valence-corrected chi connectivity index (χ0v) is 10.3. The quantitative estimate of drug-likeness (QED) is 0.897. The minimum Gasteiger partial charge on any atom is -0.481 e. The molecule has 4 heteroatoms. The molecule has 1 atom stereocenters. The molecule has 2 aromatic rings. The highest BCUT2D eigenvalue weighted by atomic mass is 19.1. The Morgan fingerprint density at radius 1 is 1.26 bits per heavy atom. The number of carboxylic acids is 1. The molecule has 0 fully saturated rings. The van der Waals surface area contributed by atoms with Crippen LogP contribution in [0.3, 0.4) is 0 Å². The molecule has 98 valence electrons. The topological polar surface area (TPSA) is 50.2 Å². The van der Waals surface area contributed by atoms with Gasteiger partial charge in [-0.2, -0.15) is 0 Å². The molecule has 1 aromatic carbocycles. The van der Waals surface area contributed by atoms with Crippen molar-refractivity contribution in [2.75, 3.05) is 0 Å². The maximum atomic E-state index is 13.1. The molecule has 0 aliphatic carbocycles. The molecule has 0 saturated heterocycles. The van der Waals surface area contributed by atoms with E-state index < -0.39 is 17.7 Å². The summed E-state index contributed by atoms with van der Waals surface area (Å²) in [6.07, 6.45) is 2.62. The van der Waals surface area contributed by atoms with E-state index in [1.165, 1.54) is 18.2 Å². The van der Waals surface area contributed by atoms with Crippen LogP contribution in [-0.4, -0.2) is 16.1 Å². The molecule has 1 unspecified atom stereocenters. The summed E-state index contributed by atoms with van der Waals surface area (Å²) in [5.74, 6) is -2.07. The number of hydrogen-bond acceptors (Lipinski definition) is 2. The first-order valence-electron chi connectivity index (χ1n) is 6.05. The van der Waals surface area contributed by atoms with Gasteiger partial charge in [0.1, 0.15) is 5.82 Å². The molecule has 3 nitrogen and oxygen atoms in total. The zero-order chi connectivity index (χ0) is 13.7. The van der Waals surface area contributed by atoms with Gasteiger partial charge in [-0.05, 0) is 42.7 Å². The number of halogens is 1. The number of pyridine rings is 1. The Kier molecular flexibility index (Phi) is 4.23. The molecule has 1 heterocycles. The SMILES string of the molecule is O=C(O)C(CCc1ccccn1)c1cccc(F)c1. The molecular formula is C15H14FNO2. The minimum absolute atomic E-state index is 0.399. The summed E-state index contributed by atoms with van der Waals surface area (Å²) in [7, 11) is 0. The highest BCUT2D eigenvalue weighted by Gasteiger charge is 2.20. The molecule has 0 spiro atoms. The Hall–Kier alpha value is -2.23. The van der Waals surface area contributed by atoms with Gasteiger partial charge in [-0.25, -0.2) is 4.39 Å². The van der Waals surface area contributed by atoms with Gasteiger partial charge < -0.3 is 5.11 Å². The van der Waals surface area contributed by atoms with E-state index >= 15 is 0 Å². The summed E-state index contributed by atoms with van der Waals surface area (Å²) in [4.78, 5) is 15.4. The third kappa shape index (κ3) is 3.61. The van der Waals surface area contributed by atoms with Gasteiger partial charge in [0.2, 0.25) is 0 Å². The maximum absolute atomic E-state index is 13.1. The Morgan fingerprint density at radius 2 is 2.11 bits per heavy atom. The highest BCUT2D eigenvalue weighted by molar-refractivity contribution is 5.76. The van der Waals surface area contributed by atoms with E-state index in [2.05, 4.69) is 4.98 Å². The van der Waals surface area contributed by atoms with Crippen molar-refractivity contribution < 1.29 is 14.3 Å².